The van der Waals surface area contributed by atoms with E-state index in [0.29, 0.717) is 0 Å². The predicted octanol–water partition coefficient (Wildman–Crippen LogP) is 4.05. The third-order valence-corrected chi connectivity index (χ3v) is 4.46. The maximum absolute atomic E-state index is 5.53. The molecule has 0 saturated heterocycles. The number of hydrogen-bond donors (Lipinski definition) is 1. The summed E-state index contributed by atoms with van der Waals surface area (Å²) in [5.74, 6) is 1.70. The Morgan fingerprint density at radius 3 is 2.67 bits per heavy atom. The van der Waals surface area contributed by atoms with Crippen LogP contribution in [0.1, 0.15) is 29.8 Å². The molecule has 0 aliphatic rings. The second kappa shape index (κ2) is 8.05. The Labute approximate surface area is 130 Å². The smallest absolute Gasteiger partial charge is 0.127 e. The number of methoxy groups -OCH3 is 2. The summed E-state index contributed by atoms with van der Waals surface area (Å²) in [7, 11) is 3.38. The lowest BCUT2D eigenvalue weighted by molar-refractivity contribution is 0.382. The highest BCUT2D eigenvalue weighted by molar-refractivity contribution is 7.09. The maximum atomic E-state index is 5.53. The molecule has 1 unspecified atom stereocenters. The van der Waals surface area contributed by atoms with Crippen LogP contribution in [-0.2, 0) is 6.42 Å². The summed E-state index contributed by atoms with van der Waals surface area (Å²) in [6, 6.07) is 10.6. The zero-order valence-electron chi connectivity index (χ0n) is 12.9. The number of ether oxygens (including phenoxy) is 2. The number of nitrogens with one attached hydrogen (secondary N) is 1. The second-order valence-electron chi connectivity index (χ2n) is 4.84. The molecule has 1 atom stereocenters. The lowest BCUT2D eigenvalue weighted by Gasteiger charge is -2.21. The third-order valence-electron chi connectivity index (χ3n) is 3.53. The Morgan fingerprint density at radius 1 is 1.19 bits per heavy atom. The fourth-order valence-corrected chi connectivity index (χ4v) is 3.19. The Hall–Kier alpha value is -1.52. The van der Waals surface area contributed by atoms with Crippen LogP contribution in [0.5, 0.6) is 11.5 Å². The predicted molar refractivity (Wildman–Crippen MR) is 88.6 cm³/mol. The largest absolute Gasteiger partial charge is 0.497 e. The fraction of sp³-hybridized carbons (Fsp3) is 0.412. The van der Waals surface area contributed by atoms with Crippen molar-refractivity contribution in [3.63, 3.8) is 0 Å². The summed E-state index contributed by atoms with van der Waals surface area (Å²) in [4.78, 5) is 1.42. The van der Waals surface area contributed by atoms with Gasteiger partial charge < -0.3 is 14.8 Å². The molecule has 1 aromatic carbocycles. The minimum absolute atomic E-state index is 0.290. The van der Waals surface area contributed by atoms with Crippen molar-refractivity contribution in [1.82, 2.24) is 5.32 Å². The summed E-state index contributed by atoms with van der Waals surface area (Å²) in [6.45, 7) is 3.07. The molecule has 4 heteroatoms. The molecule has 0 spiro atoms. The molecule has 0 amide bonds. The molecule has 2 aromatic rings. The van der Waals surface area contributed by atoms with E-state index in [4.69, 9.17) is 9.47 Å². The quantitative estimate of drug-likeness (QED) is 0.798. The number of hydrogen-bond acceptors (Lipinski definition) is 4. The van der Waals surface area contributed by atoms with Crippen LogP contribution in [0.15, 0.2) is 35.7 Å². The fourth-order valence-electron chi connectivity index (χ4n) is 2.46. The van der Waals surface area contributed by atoms with Crippen LogP contribution >= 0.6 is 11.3 Å². The zero-order chi connectivity index (χ0) is 15.1. The van der Waals surface area contributed by atoms with Crippen molar-refractivity contribution in [3.05, 3.63) is 46.2 Å². The third kappa shape index (κ3) is 4.22. The molecule has 0 fully saturated rings. The minimum Gasteiger partial charge on any atom is -0.497 e. The number of thiophene rings is 1. The highest BCUT2D eigenvalue weighted by Gasteiger charge is 2.16. The Balaban J connectivity index is 2.16. The van der Waals surface area contributed by atoms with E-state index < -0.39 is 0 Å². The van der Waals surface area contributed by atoms with Crippen LogP contribution in [0, 0.1) is 0 Å². The van der Waals surface area contributed by atoms with Gasteiger partial charge in [-0.25, -0.2) is 0 Å². The van der Waals surface area contributed by atoms with Crippen molar-refractivity contribution in [2.24, 2.45) is 0 Å². The molecule has 0 aliphatic carbocycles. The topological polar surface area (TPSA) is 30.5 Å². The van der Waals surface area contributed by atoms with E-state index in [9.17, 15) is 0 Å². The van der Waals surface area contributed by atoms with Gasteiger partial charge in [-0.2, -0.15) is 0 Å². The molecule has 0 saturated carbocycles. The highest BCUT2D eigenvalue weighted by Crippen LogP contribution is 2.32. The Bertz CT molecular complexity index is 540. The zero-order valence-corrected chi connectivity index (χ0v) is 13.7. The second-order valence-corrected chi connectivity index (χ2v) is 5.87. The maximum Gasteiger partial charge on any atom is 0.127 e. The van der Waals surface area contributed by atoms with Crippen LogP contribution < -0.4 is 14.8 Å². The van der Waals surface area contributed by atoms with E-state index in [1.165, 1.54) is 10.4 Å². The van der Waals surface area contributed by atoms with E-state index >= 15 is 0 Å². The van der Waals surface area contributed by atoms with Crippen molar-refractivity contribution >= 4 is 11.3 Å². The monoisotopic (exact) mass is 305 g/mol. The van der Waals surface area contributed by atoms with Gasteiger partial charge in [-0.1, -0.05) is 19.1 Å². The van der Waals surface area contributed by atoms with Crippen LogP contribution in [-0.4, -0.2) is 20.8 Å². The number of aryl methyl sites for hydroxylation is 1. The molecule has 0 radical (unpaired) electrons. The standard InChI is InChI=1S/C17H23NO2S/c1-4-18-16(10-8-14-6-5-11-21-14)15-9-7-13(19-2)12-17(15)20-3/h5-7,9,11-12,16,18H,4,8,10H2,1-3H3. The van der Waals surface area contributed by atoms with Crippen LogP contribution in [0.25, 0.3) is 0 Å². The van der Waals surface area contributed by atoms with Crippen LogP contribution in [0.3, 0.4) is 0 Å². The van der Waals surface area contributed by atoms with Crippen molar-refractivity contribution in [3.8, 4) is 11.5 Å². The number of benzene rings is 1. The molecule has 2 rings (SSSR count). The van der Waals surface area contributed by atoms with Gasteiger partial charge in [0.25, 0.3) is 0 Å². The first-order valence-corrected chi connectivity index (χ1v) is 8.14. The summed E-state index contributed by atoms with van der Waals surface area (Å²) >= 11 is 1.82. The first-order chi connectivity index (χ1) is 10.3. The molecule has 1 aromatic heterocycles. The van der Waals surface area contributed by atoms with Crippen molar-refractivity contribution < 1.29 is 9.47 Å². The van der Waals surface area contributed by atoms with Gasteiger partial charge in [-0.05, 0) is 36.9 Å². The molecule has 3 nitrogen and oxygen atoms in total. The molecular weight excluding hydrogens is 282 g/mol. The average molecular weight is 305 g/mol. The molecule has 1 N–H and O–H groups in total. The molecular formula is C17H23NO2S. The molecule has 0 aliphatic heterocycles. The first kappa shape index (κ1) is 15.9. The van der Waals surface area contributed by atoms with Gasteiger partial charge in [-0.15, -0.1) is 11.3 Å². The average Bonchev–Trinajstić information content (AvgIpc) is 3.04. The summed E-state index contributed by atoms with van der Waals surface area (Å²) in [5, 5.41) is 5.69. The normalized spacial score (nSPS) is 12.1. The molecule has 21 heavy (non-hydrogen) atoms. The van der Waals surface area contributed by atoms with E-state index in [1.54, 1.807) is 14.2 Å². The van der Waals surface area contributed by atoms with Crippen molar-refractivity contribution in [2.45, 2.75) is 25.8 Å². The van der Waals surface area contributed by atoms with E-state index in [1.807, 2.05) is 23.5 Å². The van der Waals surface area contributed by atoms with E-state index in [-0.39, 0.29) is 6.04 Å². The highest BCUT2D eigenvalue weighted by atomic mass is 32.1. The molecule has 114 valence electrons. The van der Waals surface area contributed by atoms with Crippen molar-refractivity contribution in [1.29, 1.82) is 0 Å². The SMILES string of the molecule is CCNC(CCc1cccs1)c1ccc(OC)cc1OC. The van der Waals surface area contributed by atoms with E-state index in [2.05, 4.69) is 35.8 Å². The van der Waals surface area contributed by atoms with Gasteiger partial charge in [0.2, 0.25) is 0 Å². The lowest BCUT2D eigenvalue weighted by Crippen LogP contribution is -2.22. The summed E-state index contributed by atoms with van der Waals surface area (Å²) in [5.41, 5.74) is 1.19. The Morgan fingerprint density at radius 2 is 2.05 bits per heavy atom. The van der Waals surface area contributed by atoms with E-state index in [0.717, 1.165) is 30.9 Å². The van der Waals surface area contributed by atoms with Gasteiger partial charge in [0.1, 0.15) is 11.5 Å². The molecule has 1 heterocycles. The van der Waals surface area contributed by atoms with Gasteiger partial charge in [0.15, 0.2) is 0 Å². The van der Waals surface area contributed by atoms with Crippen LogP contribution in [0.4, 0.5) is 0 Å². The minimum atomic E-state index is 0.290. The summed E-state index contributed by atoms with van der Waals surface area (Å²) < 4.78 is 10.8. The summed E-state index contributed by atoms with van der Waals surface area (Å²) in [6.07, 6.45) is 2.13. The van der Waals surface area contributed by atoms with Gasteiger partial charge in [0.05, 0.1) is 14.2 Å². The molecule has 0 bridgehead atoms. The Kier molecular flexibility index (Phi) is 6.08. The van der Waals surface area contributed by atoms with Gasteiger partial charge in [-0.3, -0.25) is 0 Å². The lowest BCUT2D eigenvalue weighted by atomic mass is 10.00. The number of rotatable bonds is 8. The van der Waals surface area contributed by atoms with Gasteiger partial charge in [0, 0.05) is 22.5 Å². The first-order valence-electron chi connectivity index (χ1n) is 7.26. The van der Waals surface area contributed by atoms with Crippen molar-refractivity contribution in [2.75, 3.05) is 20.8 Å². The van der Waals surface area contributed by atoms with Gasteiger partial charge >= 0.3 is 0 Å². The van der Waals surface area contributed by atoms with Crippen LogP contribution in [0.2, 0.25) is 0 Å².